The number of benzene rings is 8. The maximum atomic E-state index is 6.79. The highest BCUT2D eigenvalue weighted by atomic mass is 32.1. The molecule has 0 bridgehead atoms. The average Bonchev–Trinajstić information content (AvgIpc) is 3.90. The fourth-order valence-electron chi connectivity index (χ4n) is 8.55. The van der Waals surface area contributed by atoms with Gasteiger partial charge >= 0.3 is 0 Å². The maximum absolute atomic E-state index is 6.79. The van der Waals surface area contributed by atoms with E-state index in [0.717, 1.165) is 66.3 Å². The molecule has 4 nitrogen and oxygen atoms in total. The standard InChI is InChI=1S/C48H27N3OS/c1-2-14-28(15-3-1)44-32-18-6-10-22-36(32)49-48(50-44)31-26-27-38(30-17-5-4-16-29(30)31)51-37-23-11-7-19-33(37)41-42-34-20-8-12-24-39(34)52-46(42)43-35-21-9-13-25-40(35)53-47(43)45(41)51/h1-27H. The van der Waals surface area contributed by atoms with Crippen LogP contribution in [0.25, 0.3) is 114 Å². The Morgan fingerprint density at radius 1 is 0.491 bits per heavy atom. The van der Waals surface area contributed by atoms with Gasteiger partial charge in [0.1, 0.15) is 11.2 Å². The van der Waals surface area contributed by atoms with Gasteiger partial charge in [-0.1, -0.05) is 127 Å². The summed E-state index contributed by atoms with van der Waals surface area (Å²) in [5.74, 6) is 0.714. The lowest BCUT2D eigenvalue weighted by molar-refractivity contribution is 0.673. The van der Waals surface area contributed by atoms with E-state index in [9.17, 15) is 0 Å². The number of fused-ring (bicyclic) bond motifs is 14. The van der Waals surface area contributed by atoms with Crippen molar-refractivity contribution in [3.8, 4) is 28.3 Å². The van der Waals surface area contributed by atoms with Crippen LogP contribution in [0, 0.1) is 0 Å². The van der Waals surface area contributed by atoms with E-state index in [0.29, 0.717) is 5.82 Å². The second kappa shape index (κ2) is 10.8. The van der Waals surface area contributed by atoms with Crippen LogP contribution in [0.4, 0.5) is 0 Å². The minimum Gasteiger partial charge on any atom is -0.455 e. The molecular formula is C48H27N3OS. The van der Waals surface area contributed by atoms with Crippen LogP contribution < -0.4 is 0 Å². The molecule has 0 saturated heterocycles. The van der Waals surface area contributed by atoms with Crippen LogP contribution in [0.1, 0.15) is 0 Å². The van der Waals surface area contributed by atoms with Gasteiger partial charge in [-0.05, 0) is 41.8 Å². The third-order valence-corrected chi connectivity index (χ3v) is 12.0. The molecule has 8 aromatic carbocycles. The van der Waals surface area contributed by atoms with E-state index in [1.165, 1.54) is 41.8 Å². The second-order valence-corrected chi connectivity index (χ2v) is 14.7. The Balaban J connectivity index is 1.22. The molecular weight excluding hydrogens is 667 g/mol. The fraction of sp³-hybridized carbons (Fsp3) is 0. The van der Waals surface area contributed by atoms with Crippen LogP contribution >= 0.6 is 11.3 Å². The maximum Gasteiger partial charge on any atom is 0.161 e. The Bertz CT molecular complexity index is 3460. The molecule has 53 heavy (non-hydrogen) atoms. The molecule has 12 rings (SSSR count). The summed E-state index contributed by atoms with van der Waals surface area (Å²) >= 11 is 1.85. The largest absolute Gasteiger partial charge is 0.455 e. The van der Waals surface area contributed by atoms with Crippen molar-refractivity contribution in [2.24, 2.45) is 0 Å². The van der Waals surface area contributed by atoms with E-state index in [1.54, 1.807) is 0 Å². The lowest BCUT2D eigenvalue weighted by atomic mass is 10.0. The van der Waals surface area contributed by atoms with Crippen LogP contribution in [0.2, 0.25) is 0 Å². The summed E-state index contributed by atoms with van der Waals surface area (Å²) < 4.78 is 11.8. The highest BCUT2D eigenvalue weighted by Gasteiger charge is 2.26. The molecule has 0 unspecified atom stereocenters. The first-order valence-electron chi connectivity index (χ1n) is 17.8. The van der Waals surface area contributed by atoms with Crippen molar-refractivity contribution in [1.82, 2.24) is 14.5 Å². The van der Waals surface area contributed by atoms with E-state index in [-0.39, 0.29) is 0 Å². The van der Waals surface area contributed by atoms with Gasteiger partial charge in [0.15, 0.2) is 5.82 Å². The Kier molecular flexibility index (Phi) is 5.90. The van der Waals surface area contributed by atoms with Crippen LogP contribution in [0.3, 0.4) is 0 Å². The van der Waals surface area contributed by atoms with Gasteiger partial charge in [-0.3, -0.25) is 0 Å². The zero-order valence-corrected chi connectivity index (χ0v) is 29.1. The Morgan fingerprint density at radius 2 is 1.17 bits per heavy atom. The SMILES string of the molecule is c1ccc(-c2nc(-c3ccc(-n4c5ccccc5c5c6c7ccccc7oc6c6c7ccccc7sc6c54)c4ccccc34)nc3ccccc23)cc1. The van der Waals surface area contributed by atoms with Gasteiger partial charge in [0.25, 0.3) is 0 Å². The van der Waals surface area contributed by atoms with E-state index < -0.39 is 0 Å². The van der Waals surface area contributed by atoms with Gasteiger partial charge < -0.3 is 8.98 Å². The summed E-state index contributed by atoms with van der Waals surface area (Å²) in [4.78, 5) is 10.4. The molecule has 0 aliphatic heterocycles. The summed E-state index contributed by atoms with van der Waals surface area (Å²) in [7, 11) is 0. The molecule has 0 aliphatic carbocycles. The third kappa shape index (κ3) is 4.00. The van der Waals surface area contributed by atoms with Gasteiger partial charge in [-0.15, -0.1) is 11.3 Å². The molecule has 246 valence electrons. The summed E-state index contributed by atoms with van der Waals surface area (Å²) in [6, 6.07) is 57.9. The zero-order chi connectivity index (χ0) is 34.6. The van der Waals surface area contributed by atoms with Crippen molar-refractivity contribution >= 4 is 96.9 Å². The number of hydrogen-bond donors (Lipinski definition) is 0. The van der Waals surface area contributed by atoms with Crippen molar-refractivity contribution in [3.63, 3.8) is 0 Å². The number of nitrogens with zero attached hydrogens (tertiary/aromatic N) is 3. The normalized spacial score (nSPS) is 12.2. The molecule has 12 aromatic rings. The number of hydrogen-bond acceptors (Lipinski definition) is 4. The first kappa shape index (κ1) is 28.8. The van der Waals surface area contributed by atoms with E-state index in [1.807, 2.05) is 23.5 Å². The number of rotatable bonds is 3. The number of para-hydroxylation sites is 3. The molecule has 0 radical (unpaired) electrons. The first-order valence-corrected chi connectivity index (χ1v) is 18.7. The predicted octanol–water partition coefficient (Wildman–Crippen LogP) is 13.5. The predicted molar refractivity (Wildman–Crippen MR) is 222 cm³/mol. The Morgan fingerprint density at radius 3 is 2.04 bits per heavy atom. The van der Waals surface area contributed by atoms with Gasteiger partial charge in [0.05, 0.1) is 32.6 Å². The summed E-state index contributed by atoms with van der Waals surface area (Å²) in [5, 5.41) is 10.4. The minimum atomic E-state index is 0.714. The highest BCUT2D eigenvalue weighted by molar-refractivity contribution is 7.27. The lowest BCUT2D eigenvalue weighted by Gasteiger charge is -2.15. The summed E-state index contributed by atoms with van der Waals surface area (Å²) in [6.45, 7) is 0. The molecule has 0 N–H and O–H groups in total. The van der Waals surface area contributed by atoms with Gasteiger partial charge in [0, 0.05) is 58.9 Å². The van der Waals surface area contributed by atoms with Gasteiger partial charge in [0.2, 0.25) is 0 Å². The Labute approximate surface area is 306 Å². The highest BCUT2D eigenvalue weighted by Crippen LogP contribution is 2.51. The van der Waals surface area contributed by atoms with Gasteiger partial charge in [-0.2, -0.15) is 0 Å². The van der Waals surface area contributed by atoms with Crippen molar-refractivity contribution in [2.75, 3.05) is 0 Å². The molecule has 4 aromatic heterocycles. The lowest BCUT2D eigenvalue weighted by Crippen LogP contribution is -1.99. The van der Waals surface area contributed by atoms with Crippen molar-refractivity contribution in [2.45, 2.75) is 0 Å². The molecule has 0 fully saturated rings. The van der Waals surface area contributed by atoms with Crippen molar-refractivity contribution < 1.29 is 4.42 Å². The van der Waals surface area contributed by atoms with E-state index in [4.69, 9.17) is 14.4 Å². The minimum absolute atomic E-state index is 0.714. The number of aromatic nitrogens is 3. The van der Waals surface area contributed by atoms with Crippen LogP contribution in [-0.4, -0.2) is 14.5 Å². The van der Waals surface area contributed by atoms with Crippen LogP contribution in [-0.2, 0) is 0 Å². The summed E-state index contributed by atoms with van der Waals surface area (Å²) in [5.41, 5.74) is 9.27. The van der Waals surface area contributed by atoms with Crippen LogP contribution in [0.5, 0.6) is 0 Å². The second-order valence-electron chi connectivity index (χ2n) is 13.6. The summed E-state index contributed by atoms with van der Waals surface area (Å²) in [6.07, 6.45) is 0. The zero-order valence-electron chi connectivity index (χ0n) is 28.2. The smallest absolute Gasteiger partial charge is 0.161 e. The quantitative estimate of drug-likeness (QED) is 0.185. The number of thiophene rings is 1. The molecule has 0 spiro atoms. The molecule has 4 heterocycles. The van der Waals surface area contributed by atoms with Crippen LogP contribution in [0.15, 0.2) is 168 Å². The molecule has 0 atom stereocenters. The van der Waals surface area contributed by atoms with Gasteiger partial charge in [-0.25, -0.2) is 9.97 Å². The molecule has 0 amide bonds. The Hall–Kier alpha value is -6.82. The first-order chi connectivity index (χ1) is 26.3. The third-order valence-electron chi connectivity index (χ3n) is 10.8. The van der Waals surface area contributed by atoms with E-state index >= 15 is 0 Å². The molecule has 0 saturated carbocycles. The fourth-order valence-corrected chi connectivity index (χ4v) is 9.79. The average molecular weight is 694 g/mol. The van der Waals surface area contributed by atoms with E-state index in [2.05, 4.69) is 156 Å². The number of furan rings is 1. The van der Waals surface area contributed by atoms with Crippen molar-refractivity contribution in [1.29, 1.82) is 0 Å². The molecule has 0 aliphatic rings. The topological polar surface area (TPSA) is 43.9 Å². The molecule has 5 heteroatoms. The van der Waals surface area contributed by atoms with Crippen molar-refractivity contribution in [3.05, 3.63) is 164 Å². The monoisotopic (exact) mass is 693 g/mol.